The number of benzene rings is 1. The van der Waals surface area contributed by atoms with E-state index >= 15 is 0 Å². The van der Waals surface area contributed by atoms with Crippen molar-refractivity contribution in [3.8, 4) is 6.07 Å². The number of rotatable bonds is 3. The number of thioether (sulfide) groups is 1. The second-order valence-corrected chi connectivity index (χ2v) is 7.43. The Morgan fingerprint density at radius 1 is 1.35 bits per heavy atom. The van der Waals surface area contributed by atoms with E-state index in [2.05, 4.69) is 11.1 Å². The molecule has 0 aliphatic rings. The topological polar surface area (TPSA) is 58.7 Å². The van der Waals surface area contributed by atoms with Crippen LogP contribution in [0.4, 0.5) is 0 Å². The van der Waals surface area contributed by atoms with E-state index in [0.29, 0.717) is 16.5 Å². The molecule has 0 N–H and O–H groups in total. The summed E-state index contributed by atoms with van der Waals surface area (Å²) in [5, 5.41) is 10.6. The second kappa shape index (κ2) is 6.19. The van der Waals surface area contributed by atoms with Crippen LogP contribution in [0.1, 0.15) is 21.6 Å². The van der Waals surface area contributed by atoms with Crippen molar-refractivity contribution in [2.75, 3.05) is 0 Å². The van der Waals surface area contributed by atoms with Gasteiger partial charge in [0.05, 0.1) is 17.0 Å². The Morgan fingerprint density at radius 3 is 2.83 bits per heavy atom. The molecule has 0 aliphatic heterocycles. The molecule has 4 nitrogen and oxygen atoms in total. The fraction of sp³-hybridized carbons (Fsp3) is 0.235. The number of fused-ring (bicyclic) bond motifs is 1. The van der Waals surface area contributed by atoms with Crippen molar-refractivity contribution < 1.29 is 0 Å². The smallest absolute Gasteiger partial charge is 0.262 e. The highest BCUT2D eigenvalue weighted by Crippen LogP contribution is 2.29. The third-order valence-corrected chi connectivity index (χ3v) is 6.04. The molecule has 6 heteroatoms. The van der Waals surface area contributed by atoms with Gasteiger partial charge in [0.1, 0.15) is 4.83 Å². The average molecular weight is 341 g/mol. The van der Waals surface area contributed by atoms with Crippen LogP contribution in [0, 0.1) is 25.2 Å². The highest BCUT2D eigenvalue weighted by molar-refractivity contribution is 7.98. The molecule has 0 bridgehead atoms. The number of hydrogen-bond acceptors (Lipinski definition) is 5. The Kier molecular flexibility index (Phi) is 4.24. The molecule has 23 heavy (non-hydrogen) atoms. The quantitative estimate of drug-likeness (QED) is 0.537. The molecule has 0 unspecified atom stereocenters. The molecular formula is C17H15N3OS2. The van der Waals surface area contributed by atoms with Crippen molar-refractivity contribution in [2.24, 2.45) is 7.05 Å². The number of aryl methyl sites for hydroxylation is 2. The van der Waals surface area contributed by atoms with Gasteiger partial charge in [0.25, 0.3) is 5.56 Å². The van der Waals surface area contributed by atoms with Crippen LogP contribution in [0.2, 0.25) is 0 Å². The lowest BCUT2D eigenvalue weighted by Crippen LogP contribution is -2.19. The Bertz CT molecular complexity index is 995. The Hall–Kier alpha value is -2.10. The summed E-state index contributed by atoms with van der Waals surface area (Å²) in [4.78, 5) is 19.1. The molecule has 0 radical (unpaired) electrons. The van der Waals surface area contributed by atoms with Crippen LogP contribution < -0.4 is 5.56 Å². The minimum atomic E-state index is -0.00656. The van der Waals surface area contributed by atoms with E-state index in [1.807, 2.05) is 32.0 Å². The molecule has 3 rings (SSSR count). The summed E-state index contributed by atoms with van der Waals surface area (Å²) in [7, 11) is 1.75. The van der Waals surface area contributed by atoms with Gasteiger partial charge in [-0.2, -0.15) is 5.26 Å². The van der Waals surface area contributed by atoms with Crippen molar-refractivity contribution >= 4 is 33.3 Å². The zero-order valence-electron chi connectivity index (χ0n) is 13.1. The minimum Gasteiger partial charge on any atom is -0.290 e. The first-order valence-corrected chi connectivity index (χ1v) is 8.90. The Balaban J connectivity index is 2.00. The van der Waals surface area contributed by atoms with Gasteiger partial charge in [0.2, 0.25) is 0 Å². The maximum atomic E-state index is 12.6. The molecule has 1 aromatic carbocycles. The maximum Gasteiger partial charge on any atom is 0.262 e. The average Bonchev–Trinajstić information content (AvgIpc) is 2.84. The monoisotopic (exact) mass is 341 g/mol. The summed E-state index contributed by atoms with van der Waals surface area (Å²) in [5.74, 6) is 0.610. The lowest BCUT2D eigenvalue weighted by atomic mass is 10.1. The van der Waals surface area contributed by atoms with E-state index in [1.54, 1.807) is 29.0 Å². The van der Waals surface area contributed by atoms with E-state index in [4.69, 9.17) is 5.26 Å². The van der Waals surface area contributed by atoms with E-state index in [0.717, 1.165) is 26.2 Å². The Labute approximate surface area is 142 Å². The highest BCUT2D eigenvalue weighted by atomic mass is 32.2. The van der Waals surface area contributed by atoms with Crippen molar-refractivity contribution in [1.82, 2.24) is 9.55 Å². The Morgan fingerprint density at radius 2 is 2.09 bits per heavy atom. The largest absolute Gasteiger partial charge is 0.290 e. The first kappa shape index (κ1) is 15.8. The molecule has 0 saturated carbocycles. The minimum absolute atomic E-state index is 0.00656. The van der Waals surface area contributed by atoms with Crippen molar-refractivity contribution in [2.45, 2.75) is 24.8 Å². The van der Waals surface area contributed by atoms with Gasteiger partial charge in [-0.1, -0.05) is 30.0 Å². The predicted octanol–water partition coefficient (Wildman–Crippen LogP) is 3.78. The lowest BCUT2D eigenvalue weighted by molar-refractivity contribution is 0.727. The van der Waals surface area contributed by atoms with Gasteiger partial charge >= 0.3 is 0 Å². The zero-order chi connectivity index (χ0) is 16.6. The molecular weight excluding hydrogens is 326 g/mol. The molecule has 0 fully saturated rings. The maximum absolute atomic E-state index is 12.6. The molecule has 0 atom stereocenters. The highest BCUT2D eigenvalue weighted by Gasteiger charge is 2.15. The summed E-state index contributed by atoms with van der Waals surface area (Å²) in [6, 6.07) is 9.70. The molecule has 2 aromatic heterocycles. The molecule has 0 aliphatic carbocycles. The zero-order valence-corrected chi connectivity index (χ0v) is 14.7. The number of hydrogen-bond donors (Lipinski definition) is 0. The fourth-order valence-corrected chi connectivity index (χ4v) is 4.43. The fourth-order valence-electron chi connectivity index (χ4n) is 2.38. The van der Waals surface area contributed by atoms with Crippen molar-refractivity contribution in [3.63, 3.8) is 0 Å². The summed E-state index contributed by atoms with van der Waals surface area (Å²) < 4.78 is 1.60. The summed E-state index contributed by atoms with van der Waals surface area (Å²) in [5.41, 5.74) is 2.62. The van der Waals surface area contributed by atoms with Gasteiger partial charge in [-0.3, -0.25) is 9.36 Å². The van der Waals surface area contributed by atoms with Gasteiger partial charge in [-0.05, 0) is 31.0 Å². The lowest BCUT2D eigenvalue weighted by Gasteiger charge is -2.08. The molecule has 2 heterocycles. The third kappa shape index (κ3) is 2.78. The summed E-state index contributed by atoms with van der Waals surface area (Å²) in [6.45, 7) is 3.98. The summed E-state index contributed by atoms with van der Waals surface area (Å²) >= 11 is 3.04. The van der Waals surface area contributed by atoms with E-state index in [9.17, 15) is 4.79 Å². The predicted molar refractivity (Wildman–Crippen MR) is 95.1 cm³/mol. The van der Waals surface area contributed by atoms with Gasteiger partial charge < -0.3 is 0 Å². The molecule has 3 aromatic rings. The van der Waals surface area contributed by atoms with Gasteiger partial charge in [0.15, 0.2) is 5.16 Å². The van der Waals surface area contributed by atoms with Gasteiger partial charge in [0, 0.05) is 17.7 Å². The molecule has 0 amide bonds. The second-order valence-electron chi connectivity index (χ2n) is 5.28. The van der Waals surface area contributed by atoms with Crippen LogP contribution in [0.15, 0.2) is 34.2 Å². The van der Waals surface area contributed by atoms with Crippen LogP contribution in [0.5, 0.6) is 0 Å². The molecule has 0 spiro atoms. The molecule has 116 valence electrons. The third-order valence-electron chi connectivity index (χ3n) is 3.86. The number of nitriles is 1. The normalized spacial score (nSPS) is 10.9. The van der Waals surface area contributed by atoms with Crippen LogP contribution in [-0.4, -0.2) is 9.55 Å². The van der Waals surface area contributed by atoms with E-state index in [1.165, 1.54) is 11.8 Å². The van der Waals surface area contributed by atoms with Gasteiger partial charge in [-0.25, -0.2) is 4.98 Å². The van der Waals surface area contributed by atoms with Crippen LogP contribution in [0.3, 0.4) is 0 Å². The number of thiophene rings is 1. The summed E-state index contributed by atoms with van der Waals surface area (Å²) in [6.07, 6.45) is 0. The first-order chi connectivity index (χ1) is 11.0. The van der Waals surface area contributed by atoms with Crippen molar-refractivity contribution in [1.29, 1.82) is 5.26 Å². The van der Waals surface area contributed by atoms with Crippen LogP contribution >= 0.6 is 23.1 Å². The van der Waals surface area contributed by atoms with Gasteiger partial charge in [-0.15, -0.1) is 11.3 Å². The first-order valence-electron chi connectivity index (χ1n) is 7.10. The van der Waals surface area contributed by atoms with Crippen molar-refractivity contribution in [3.05, 3.63) is 56.2 Å². The van der Waals surface area contributed by atoms with E-state index in [-0.39, 0.29) is 5.56 Å². The number of aromatic nitrogens is 2. The van der Waals surface area contributed by atoms with Crippen LogP contribution in [0.25, 0.3) is 10.2 Å². The number of nitrogens with zero attached hydrogens (tertiary/aromatic N) is 3. The standard InChI is InChI=1S/C17H15N3OS2/c1-10-11(2)23-15-14(10)16(21)20(3)17(19-15)22-9-13-7-5-4-6-12(13)8-18/h4-7H,9H2,1-3H3. The van der Waals surface area contributed by atoms with Crippen LogP contribution in [-0.2, 0) is 12.8 Å². The SMILES string of the molecule is Cc1sc2nc(SCc3ccccc3C#N)n(C)c(=O)c2c1C. The molecule has 0 saturated heterocycles. The van der Waals surface area contributed by atoms with E-state index < -0.39 is 0 Å².